The van der Waals surface area contributed by atoms with Gasteiger partial charge in [0.25, 0.3) is 0 Å². The highest BCUT2D eigenvalue weighted by molar-refractivity contribution is 4.47. The summed E-state index contributed by atoms with van der Waals surface area (Å²) in [6.07, 6.45) is 7.90. The molecule has 0 heterocycles. The maximum Gasteiger partial charge on any atom is 0.0133 e. The quantitative estimate of drug-likeness (QED) is 0.480. The van der Waals surface area contributed by atoms with Crippen LogP contribution < -0.4 is 5.32 Å². The number of hydrogen-bond acceptors (Lipinski definition) is 0. The molecule has 0 N–H and O–H groups in total. The van der Waals surface area contributed by atoms with Crippen molar-refractivity contribution in [2.75, 3.05) is 13.1 Å². The molecule has 0 bridgehead atoms. The second kappa shape index (κ2) is 9.96. The van der Waals surface area contributed by atoms with Gasteiger partial charge in [-0.05, 0) is 12.8 Å². The van der Waals surface area contributed by atoms with Crippen molar-refractivity contribution < 1.29 is 0 Å². The molecule has 0 unspecified atom stereocenters. The molecule has 0 saturated heterocycles. The molecular weight excluding hydrogens is 134 g/mol. The average molecular weight is 156 g/mol. The second-order valence-electron chi connectivity index (χ2n) is 3.09. The van der Waals surface area contributed by atoms with Crippen LogP contribution in [0, 0.1) is 0 Å². The molecule has 1 radical (unpaired) electrons. The standard InChI is InChI=1S/C10H22N/c1-3-5-7-9-11-10-8-6-4-2/h3-10H2,1-2H3. The molecular formula is C10H22N. The third-order valence-electron chi connectivity index (χ3n) is 1.84. The summed E-state index contributed by atoms with van der Waals surface area (Å²) in [6, 6.07) is 0. The van der Waals surface area contributed by atoms with Gasteiger partial charge in [0.1, 0.15) is 0 Å². The Balaban J connectivity index is 2.69. The highest BCUT2D eigenvalue weighted by Crippen LogP contribution is 1.94. The van der Waals surface area contributed by atoms with E-state index in [1.807, 2.05) is 0 Å². The minimum absolute atomic E-state index is 1.09. The predicted octanol–water partition coefficient (Wildman–Crippen LogP) is 2.97. The van der Waals surface area contributed by atoms with Crippen molar-refractivity contribution in [1.82, 2.24) is 5.32 Å². The average Bonchev–Trinajstić information content (AvgIpc) is 2.03. The molecule has 11 heavy (non-hydrogen) atoms. The first-order valence-corrected chi connectivity index (χ1v) is 5.05. The first kappa shape index (κ1) is 11.0. The van der Waals surface area contributed by atoms with Crippen LogP contribution in [-0.2, 0) is 0 Å². The molecule has 0 aliphatic heterocycles. The maximum absolute atomic E-state index is 4.45. The number of hydrogen-bond donors (Lipinski definition) is 0. The normalized spacial score (nSPS) is 10.4. The summed E-state index contributed by atoms with van der Waals surface area (Å²) < 4.78 is 0. The van der Waals surface area contributed by atoms with E-state index < -0.39 is 0 Å². The second-order valence-corrected chi connectivity index (χ2v) is 3.09. The maximum atomic E-state index is 4.45. The van der Waals surface area contributed by atoms with Crippen molar-refractivity contribution in [3.8, 4) is 0 Å². The zero-order chi connectivity index (χ0) is 8.36. The largest absolute Gasteiger partial charge is 0.242 e. The van der Waals surface area contributed by atoms with Gasteiger partial charge in [0.05, 0.1) is 0 Å². The van der Waals surface area contributed by atoms with E-state index >= 15 is 0 Å². The molecule has 67 valence electrons. The van der Waals surface area contributed by atoms with Crippen molar-refractivity contribution in [1.29, 1.82) is 0 Å². The Bertz CT molecular complexity index is 53.9. The zero-order valence-electron chi connectivity index (χ0n) is 8.10. The van der Waals surface area contributed by atoms with Gasteiger partial charge >= 0.3 is 0 Å². The Hall–Kier alpha value is -0.0400. The molecule has 0 amide bonds. The van der Waals surface area contributed by atoms with E-state index in [-0.39, 0.29) is 0 Å². The van der Waals surface area contributed by atoms with Crippen molar-refractivity contribution in [2.45, 2.75) is 52.4 Å². The first-order valence-electron chi connectivity index (χ1n) is 5.05. The van der Waals surface area contributed by atoms with Crippen LogP contribution >= 0.6 is 0 Å². The van der Waals surface area contributed by atoms with Crippen LogP contribution in [0.15, 0.2) is 0 Å². The van der Waals surface area contributed by atoms with Crippen molar-refractivity contribution in [3.05, 3.63) is 0 Å². The molecule has 1 nitrogen and oxygen atoms in total. The van der Waals surface area contributed by atoms with Crippen LogP contribution in [0.3, 0.4) is 0 Å². The van der Waals surface area contributed by atoms with Crippen LogP contribution in [0.25, 0.3) is 0 Å². The van der Waals surface area contributed by atoms with E-state index in [1.165, 1.54) is 38.5 Å². The van der Waals surface area contributed by atoms with Gasteiger partial charge in [-0.2, -0.15) is 0 Å². The van der Waals surface area contributed by atoms with Gasteiger partial charge in [0, 0.05) is 13.1 Å². The lowest BCUT2D eigenvalue weighted by Gasteiger charge is -2.00. The lowest BCUT2D eigenvalue weighted by Crippen LogP contribution is -2.08. The molecule has 0 saturated carbocycles. The third kappa shape index (κ3) is 9.96. The summed E-state index contributed by atoms with van der Waals surface area (Å²) in [5.41, 5.74) is 0. The van der Waals surface area contributed by atoms with Gasteiger partial charge in [0.15, 0.2) is 0 Å². The van der Waals surface area contributed by atoms with Crippen molar-refractivity contribution in [3.63, 3.8) is 0 Å². The lowest BCUT2D eigenvalue weighted by molar-refractivity contribution is 0.574. The van der Waals surface area contributed by atoms with Gasteiger partial charge in [-0.25, -0.2) is 5.32 Å². The number of unbranched alkanes of at least 4 members (excludes halogenated alkanes) is 4. The lowest BCUT2D eigenvalue weighted by atomic mass is 10.2. The number of rotatable bonds is 8. The van der Waals surface area contributed by atoms with E-state index in [9.17, 15) is 0 Å². The van der Waals surface area contributed by atoms with Crippen molar-refractivity contribution in [2.24, 2.45) is 0 Å². The van der Waals surface area contributed by atoms with Crippen LogP contribution in [0.4, 0.5) is 0 Å². The van der Waals surface area contributed by atoms with E-state index in [0.717, 1.165) is 13.1 Å². The molecule has 0 spiro atoms. The molecule has 1 heteroatoms. The van der Waals surface area contributed by atoms with E-state index in [0.29, 0.717) is 0 Å². The van der Waals surface area contributed by atoms with Gasteiger partial charge in [-0.3, -0.25) is 0 Å². The monoisotopic (exact) mass is 156 g/mol. The van der Waals surface area contributed by atoms with Crippen LogP contribution in [-0.4, -0.2) is 13.1 Å². The molecule has 0 atom stereocenters. The van der Waals surface area contributed by atoms with Gasteiger partial charge < -0.3 is 0 Å². The topological polar surface area (TPSA) is 14.1 Å². The van der Waals surface area contributed by atoms with E-state index in [1.54, 1.807) is 0 Å². The summed E-state index contributed by atoms with van der Waals surface area (Å²) >= 11 is 0. The van der Waals surface area contributed by atoms with Crippen LogP contribution in [0.5, 0.6) is 0 Å². The Morgan fingerprint density at radius 1 is 0.727 bits per heavy atom. The van der Waals surface area contributed by atoms with Crippen LogP contribution in [0.2, 0.25) is 0 Å². The molecule has 0 aromatic heterocycles. The molecule has 0 fully saturated rings. The molecule has 0 aliphatic carbocycles. The Morgan fingerprint density at radius 2 is 1.18 bits per heavy atom. The van der Waals surface area contributed by atoms with Gasteiger partial charge in [-0.1, -0.05) is 39.5 Å². The highest BCUT2D eigenvalue weighted by Gasteiger charge is 1.88. The fourth-order valence-corrected chi connectivity index (χ4v) is 1.06. The van der Waals surface area contributed by atoms with Gasteiger partial charge in [-0.15, -0.1) is 0 Å². The fraction of sp³-hybridized carbons (Fsp3) is 1.00. The summed E-state index contributed by atoms with van der Waals surface area (Å²) in [4.78, 5) is 0. The Labute approximate surface area is 71.6 Å². The fourth-order valence-electron chi connectivity index (χ4n) is 1.06. The minimum atomic E-state index is 1.09. The number of nitrogens with zero attached hydrogens (tertiary/aromatic N) is 1. The molecule has 0 aromatic rings. The smallest absolute Gasteiger partial charge is 0.0133 e. The molecule has 0 aromatic carbocycles. The van der Waals surface area contributed by atoms with E-state index in [4.69, 9.17) is 0 Å². The van der Waals surface area contributed by atoms with Crippen LogP contribution in [0.1, 0.15) is 52.4 Å². The summed E-state index contributed by atoms with van der Waals surface area (Å²) in [6.45, 7) is 6.66. The SMILES string of the molecule is CCCCC[N]CCCCC. The minimum Gasteiger partial charge on any atom is -0.242 e. The van der Waals surface area contributed by atoms with Gasteiger partial charge in [0.2, 0.25) is 0 Å². The summed E-state index contributed by atoms with van der Waals surface area (Å²) in [5.74, 6) is 0. The predicted molar refractivity (Wildman–Crippen MR) is 50.9 cm³/mol. The zero-order valence-corrected chi connectivity index (χ0v) is 8.10. The highest BCUT2D eigenvalue weighted by atomic mass is 14.8. The van der Waals surface area contributed by atoms with E-state index in [2.05, 4.69) is 19.2 Å². The molecule has 0 rings (SSSR count). The molecule has 0 aliphatic rings. The first-order chi connectivity index (χ1) is 5.41. The van der Waals surface area contributed by atoms with Crippen molar-refractivity contribution >= 4 is 0 Å². The Kier molecular flexibility index (Phi) is 9.92. The third-order valence-corrected chi connectivity index (χ3v) is 1.84. The Morgan fingerprint density at radius 3 is 1.55 bits per heavy atom. The summed E-state index contributed by atoms with van der Waals surface area (Å²) in [5, 5.41) is 4.45. The summed E-state index contributed by atoms with van der Waals surface area (Å²) in [7, 11) is 0.